The molecule has 1 saturated heterocycles. The largest absolute Gasteiger partial charge is 0.460 e. The molecule has 1 N–H and O–H groups in total. The van der Waals surface area contributed by atoms with E-state index in [9.17, 15) is 19.2 Å². The number of halogens is 1. The number of hydrogen-bond donors (Lipinski definition) is 1. The molecule has 0 saturated carbocycles. The molecule has 3 amide bonds. The first-order valence-electron chi connectivity index (χ1n) is 12.9. The van der Waals surface area contributed by atoms with Crippen molar-refractivity contribution in [3.05, 3.63) is 53.3 Å². The maximum absolute atomic E-state index is 13.5. The van der Waals surface area contributed by atoms with Crippen LogP contribution in [0.2, 0.25) is 5.15 Å². The van der Waals surface area contributed by atoms with Crippen molar-refractivity contribution < 1.29 is 28.7 Å². The van der Waals surface area contributed by atoms with Gasteiger partial charge in [-0.3, -0.25) is 14.4 Å². The predicted molar refractivity (Wildman–Crippen MR) is 146 cm³/mol. The van der Waals surface area contributed by atoms with Crippen LogP contribution in [-0.4, -0.2) is 83.1 Å². The highest BCUT2D eigenvalue weighted by Gasteiger charge is 2.31. The van der Waals surface area contributed by atoms with Crippen molar-refractivity contribution in [2.24, 2.45) is 0 Å². The first kappa shape index (κ1) is 29.9. The lowest BCUT2D eigenvalue weighted by molar-refractivity contribution is -0.155. The fourth-order valence-corrected chi connectivity index (χ4v) is 4.31. The normalized spacial score (nSPS) is 14.4. The van der Waals surface area contributed by atoms with E-state index in [1.54, 1.807) is 44.7 Å². The lowest BCUT2D eigenvalue weighted by atomic mass is 10.1. The zero-order valence-electron chi connectivity index (χ0n) is 22.7. The molecule has 1 aliphatic rings. The van der Waals surface area contributed by atoms with Crippen LogP contribution < -0.4 is 5.32 Å². The van der Waals surface area contributed by atoms with Crippen molar-refractivity contribution >= 4 is 35.5 Å². The van der Waals surface area contributed by atoms with E-state index in [4.69, 9.17) is 21.1 Å². The fraction of sp³-hybridized carbons (Fsp3) is 0.464. The molecule has 3 rings (SSSR count). The summed E-state index contributed by atoms with van der Waals surface area (Å²) in [6, 6.07) is 11.6. The SMILES string of the molecule is CCOC(=O)N1CCN(C(=O)C(CCC(=O)OC(C)(C)C)NC(=O)c2cc(-c3ccccc3)cc(Cl)n2)CC1. The van der Waals surface area contributed by atoms with E-state index in [2.05, 4.69) is 10.3 Å². The highest BCUT2D eigenvalue weighted by atomic mass is 35.5. The number of hydrogen-bond acceptors (Lipinski definition) is 7. The maximum atomic E-state index is 13.5. The number of rotatable bonds is 8. The molecular weight excluding hydrogens is 524 g/mol. The number of nitrogens with zero attached hydrogens (tertiary/aromatic N) is 3. The first-order chi connectivity index (χ1) is 18.5. The molecule has 1 atom stereocenters. The van der Waals surface area contributed by atoms with Gasteiger partial charge < -0.3 is 24.6 Å². The number of amides is 3. The van der Waals surface area contributed by atoms with Gasteiger partial charge in [-0.15, -0.1) is 0 Å². The lowest BCUT2D eigenvalue weighted by Gasteiger charge is -2.36. The maximum Gasteiger partial charge on any atom is 0.409 e. The molecule has 0 spiro atoms. The number of esters is 1. The van der Waals surface area contributed by atoms with Crippen molar-refractivity contribution in [3.63, 3.8) is 0 Å². The van der Waals surface area contributed by atoms with Crippen LogP contribution >= 0.6 is 11.6 Å². The molecule has 11 heteroatoms. The van der Waals surface area contributed by atoms with Crippen molar-refractivity contribution in [2.75, 3.05) is 32.8 Å². The van der Waals surface area contributed by atoms with E-state index in [0.29, 0.717) is 18.7 Å². The van der Waals surface area contributed by atoms with Crippen LogP contribution in [0.1, 0.15) is 51.0 Å². The van der Waals surface area contributed by atoms with Gasteiger partial charge in [0.1, 0.15) is 22.5 Å². The number of nitrogens with one attached hydrogen (secondary N) is 1. The molecule has 39 heavy (non-hydrogen) atoms. The summed E-state index contributed by atoms with van der Waals surface area (Å²) < 4.78 is 10.4. The van der Waals surface area contributed by atoms with Crippen molar-refractivity contribution in [2.45, 2.75) is 52.2 Å². The van der Waals surface area contributed by atoms with Gasteiger partial charge in [0.15, 0.2) is 0 Å². The number of ether oxygens (including phenoxy) is 2. The quantitative estimate of drug-likeness (QED) is 0.385. The smallest absolute Gasteiger partial charge is 0.409 e. The summed E-state index contributed by atoms with van der Waals surface area (Å²) in [6.45, 7) is 8.40. The van der Waals surface area contributed by atoms with Crippen LogP contribution in [0.25, 0.3) is 11.1 Å². The standard InChI is InChI=1S/C28H35ClN4O6/c1-5-38-27(37)33-15-13-32(14-16-33)26(36)21(11-12-24(34)39-28(2,3)4)31-25(35)22-17-20(18-23(29)30-22)19-9-7-6-8-10-19/h6-10,17-18,21H,5,11-16H2,1-4H3,(H,31,35). The Kier molecular flexibility index (Phi) is 10.3. The van der Waals surface area contributed by atoms with Crippen LogP contribution in [0.4, 0.5) is 4.79 Å². The molecule has 0 aliphatic carbocycles. The number of carbonyl (C=O) groups excluding carboxylic acids is 4. The molecule has 210 valence electrons. The van der Waals surface area contributed by atoms with Gasteiger partial charge in [0.2, 0.25) is 5.91 Å². The van der Waals surface area contributed by atoms with Crippen molar-refractivity contribution in [3.8, 4) is 11.1 Å². The molecule has 1 aliphatic heterocycles. The van der Waals surface area contributed by atoms with Gasteiger partial charge in [-0.2, -0.15) is 0 Å². The number of aromatic nitrogens is 1. The molecule has 2 heterocycles. The van der Waals surface area contributed by atoms with Gasteiger partial charge in [0.05, 0.1) is 6.61 Å². The van der Waals surface area contributed by atoms with E-state index >= 15 is 0 Å². The molecule has 1 aromatic heterocycles. The third kappa shape index (κ3) is 8.95. The minimum absolute atomic E-state index is 0.0314. The Hall–Kier alpha value is -3.66. The van der Waals surface area contributed by atoms with Gasteiger partial charge >= 0.3 is 12.1 Å². The molecule has 2 aromatic rings. The average molecular weight is 559 g/mol. The van der Waals surface area contributed by atoms with Gasteiger partial charge in [-0.05, 0) is 57.4 Å². The summed E-state index contributed by atoms with van der Waals surface area (Å²) in [5.74, 6) is -1.43. The molecule has 1 fully saturated rings. The Balaban J connectivity index is 1.76. The fourth-order valence-electron chi connectivity index (χ4n) is 4.10. The summed E-state index contributed by atoms with van der Waals surface area (Å²) >= 11 is 6.22. The summed E-state index contributed by atoms with van der Waals surface area (Å²) in [4.78, 5) is 58.5. The average Bonchev–Trinajstić information content (AvgIpc) is 2.90. The van der Waals surface area contributed by atoms with E-state index in [1.165, 1.54) is 4.90 Å². The second-order valence-electron chi connectivity index (χ2n) is 10.1. The number of piperazine rings is 1. The summed E-state index contributed by atoms with van der Waals surface area (Å²) in [6.07, 6.45) is -0.473. The van der Waals surface area contributed by atoms with Gasteiger partial charge in [0.25, 0.3) is 5.91 Å². The minimum Gasteiger partial charge on any atom is -0.460 e. The van der Waals surface area contributed by atoms with Gasteiger partial charge in [-0.1, -0.05) is 41.9 Å². The van der Waals surface area contributed by atoms with E-state index in [-0.39, 0.29) is 49.3 Å². The second kappa shape index (κ2) is 13.4. The van der Waals surface area contributed by atoms with Gasteiger partial charge in [0, 0.05) is 32.6 Å². The van der Waals surface area contributed by atoms with Gasteiger partial charge in [-0.25, -0.2) is 9.78 Å². The van der Waals surface area contributed by atoms with Crippen LogP contribution in [0.5, 0.6) is 0 Å². The third-order valence-corrected chi connectivity index (χ3v) is 6.11. The first-order valence-corrected chi connectivity index (χ1v) is 13.3. The van der Waals surface area contributed by atoms with Crippen LogP contribution in [-0.2, 0) is 19.1 Å². The Morgan fingerprint density at radius 2 is 1.64 bits per heavy atom. The second-order valence-corrected chi connectivity index (χ2v) is 10.5. The summed E-state index contributed by atoms with van der Waals surface area (Å²) in [5, 5.41) is 2.88. The third-order valence-electron chi connectivity index (χ3n) is 5.91. The summed E-state index contributed by atoms with van der Waals surface area (Å²) in [7, 11) is 0. The monoisotopic (exact) mass is 558 g/mol. The molecule has 0 radical (unpaired) electrons. The highest BCUT2D eigenvalue weighted by Crippen LogP contribution is 2.23. The Morgan fingerprint density at radius 1 is 1.00 bits per heavy atom. The molecular formula is C28H35ClN4O6. The van der Waals surface area contributed by atoms with Crippen molar-refractivity contribution in [1.82, 2.24) is 20.1 Å². The molecule has 0 bridgehead atoms. The van der Waals surface area contributed by atoms with Crippen molar-refractivity contribution in [1.29, 1.82) is 0 Å². The highest BCUT2D eigenvalue weighted by molar-refractivity contribution is 6.29. The molecule has 10 nitrogen and oxygen atoms in total. The zero-order chi connectivity index (χ0) is 28.6. The van der Waals surface area contributed by atoms with E-state index in [0.717, 1.165) is 5.56 Å². The Labute approximate surface area is 233 Å². The van der Waals surface area contributed by atoms with E-state index < -0.39 is 29.6 Å². The lowest BCUT2D eigenvalue weighted by Crippen LogP contribution is -2.56. The zero-order valence-corrected chi connectivity index (χ0v) is 23.5. The number of benzene rings is 1. The minimum atomic E-state index is -1.01. The molecule has 1 aromatic carbocycles. The Bertz CT molecular complexity index is 1180. The topological polar surface area (TPSA) is 118 Å². The predicted octanol–water partition coefficient (Wildman–Crippen LogP) is 3.92. The number of pyridine rings is 1. The van der Waals surface area contributed by atoms with E-state index in [1.807, 2.05) is 30.3 Å². The summed E-state index contributed by atoms with van der Waals surface area (Å²) in [5.41, 5.74) is 0.922. The number of carbonyl (C=O) groups is 4. The van der Waals surface area contributed by atoms with Crippen LogP contribution in [0, 0.1) is 0 Å². The van der Waals surface area contributed by atoms with Crippen LogP contribution in [0.15, 0.2) is 42.5 Å². The Morgan fingerprint density at radius 3 is 2.26 bits per heavy atom. The van der Waals surface area contributed by atoms with Crippen LogP contribution in [0.3, 0.4) is 0 Å². The molecule has 1 unspecified atom stereocenters.